The molecule has 2 N–H and O–H groups in total. The van der Waals surface area contributed by atoms with E-state index < -0.39 is 20.0 Å². The van der Waals surface area contributed by atoms with E-state index in [-0.39, 0.29) is 18.0 Å². The Bertz CT molecular complexity index is 928. The smallest absolute Gasteiger partial charge is 0.241 e. The van der Waals surface area contributed by atoms with Crippen LogP contribution in [0.1, 0.15) is 10.6 Å². The minimum Gasteiger partial charge on any atom is -0.282 e. The number of aromatic amines is 1. The van der Waals surface area contributed by atoms with E-state index in [1.165, 1.54) is 18.4 Å². The molecule has 0 saturated heterocycles. The van der Waals surface area contributed by atoms with Crippen LogP contribution in [0.4, 0.5) is 0 Å². The first-order chi connectivity index (χ1) is 11.0. The van der Waals surface area contributed by atoms with Gasteiger partial charge in [0.05, 0.1) is 16.0 Å². The molecule has 11 heteroatoms. The first-order valence-corrected chi connectivity index (χ1v) is 11.2. The Morgan fingerprint density at radius 1 is 1.25 bits per heavy atom. The Morgan fingerprint density at radius 3 is 2.46 bits per heavy atom. The van der Waals surface area contributed by atoms with E-state index in [1.54, 1.807) is 13.0 Å². The van der Waals surface area contributed by atoms with E-state index in [2.05, 4.69) is 14.9 Å². The number of hydrogen-bond acceptors (Lipinski definition) is 6. The van der Waals surface area contributed by atoms with Crippen LogP contribution in [0.15, 0.2) is 17.0 Å². The molecule has 134 valence electrons. The molecular formula is C13H20N4O4S3. The van der Waals surface area contributed by atoms with E-state index in [0.717, 1.165) is 21.1 Å². The number of likely N-dealkylation sites (N-methyl/N-ethyl adjacent to an activating group) is 1. The molecule has 0 aromatic carbocycles. The van der Waals surface area contributed by atoms with Crippen molar-refractivity contribution in [1.82, 2.24) is 19.2 Å². The van der Waals surface area contributed by atoms with E-state index in [9.17, 15) is 16.8 Å². The molecule has 0 radical (unpaired) electrons. The van der Waals surface area contributed by atoms with Crippen LogP contribution in [0.2, 0.25) is 0 Å². The van der Waals surface area contributed by atoms with Gasteiger partial charge < -0.3 is 0 Å². The van der Waals surface area contributed by atoms with E-state index in [4.69, 9.17) is 0 Å². The zero-order valence-corrected chi connectivity index (χ0v) is 16.3. The summed E-state index contributed by atoms with van der Waals surface area (Å²) < 4.78 is 51.0. The maximum absolute atomic E-state index is 12.4. The van der Waals surface area contributed by atoms with Crippen LogP contribution in [0, 0.1) is 13.8 Å². The van der Waals surface area contributed by atoms with Crippen molar-refractivity contribution in [1.29, 1.82) is 0 Å². The maximum Gasteiger partial charge on any atom is 0.241 e. The van der Waals surface area contributed by atoms with Crippen molar-refractivity contribution in [3.05, 3.63) is 22.7 Å². The summed E-state index contributed by atoms with van der Waals surface area (Å²) in [6.07, 6.45) is 1.07. The molecule has 0 aliphatic carbocycles. The first kappa shape index (κ1) is 19.1. The van der Waals surface area contributed by atoms with Crippen LogP contribution in [0.3, 0.4) is 0 Å². The third kappa shape index (κ3) is 4.42. The topological polar surface area (TPSA) is 112 Å². The lowest BCUT2D eigenvalue weighted by Gasteiger charge is -2.14. The number of aryl methyl sites for hydroxylation is 2. The Balaban J connectivity index is 2.14. The second-order valence-corrected chi connectivity index (χ2v) is 10.5. The number of aromatic nitrogens is 2. The van der Waals surface area contributed by atoms with Gasteiger partial charge >= 0.3 is 0 Å². The molecule has 8 nitrogen and oxygen atoms in total. The van der Waals surface area contributed by atoms with Gasteiger partial charge in [-0.05, 0) is 26.0 Å². The maximum atomic E-state index is 12.4. The van der Waals surface area contributed by atoms with E-state index in [0.29, 0.717) is 10.6 Å². The monoisotopic (exact) mass is 392 g/mol. The normalized spacial score (nSPS) is 12.9. The summed E-state index contributed by atoms with van der Waals surface area (Å²) in [7, 11) is -5.65. The fourth-order valence-electron chi connectivity index (χ4n) is 1.98. The van der Waals surface area contributed by atoms with Crippen LogP contribution in [0.5, 0.6) is 0 Å². The first-order valence-electron chi connectivity index (χ1n) is 7.04. The zero-order chi connectivity index (χ0) is 18.1. The van der Waals surface area contributed by atoms with Gasteiger partial charge in [0.15, 0.2) is 0 Å². The highest BCUT2D eigenvalue weighted by Crippen LogP contribution is 2.32. The Morgan fingerprint density at radius 2 is 1.92 bits per heavy atom. The van der Waals surface area contributed by atoms with Gasteiger partial charge in [-0.25, -0.2) is 25.9 Å². The number of hydrogen-bond donors (Lipinski definition) is 2. The highest BCUT2D eigenvalue weighted by molar-refractivity contribution is 7.89. The van der Waals surface area contributed by atoms with Crippen LogP contribution < -0.4 is 4.72 Å². The van der Waals surface area contributed by atoms with Crippen molar-refractivity contribution in [3.8, 4) is 10.6 Å². The van der Waals surface area contributed by atoms with Gasteiger partial charge in [-0.2, -0.15) is 5.10 Å². The average Bonchev–Trinajstić information content (AvgIpc) is 3.03. The number of nitrogens with one attached hydrogen (secondary N) is 2. The summed E-state index contributed by atoms with van der Waals surface area (Å²) in [5, 5.41) is 6.96. The summed E-state index contributed by atoms with van der Waals surface area (Å²) in [6, 6.07) is 3.42. The molecule has 24 heavy (non-hydrogen) atoms. The Labute approximate surface area is 146 Å². The second-order valence-electron chi connectivity index (χ2n) is 5.45. The van der Waals surface area contributed by atoms with Gasteiger partial charge in [0.2, 0.25) is 20.0 Å². The van der Waals surface area contributed by atoms with Gasteiger partial charge in [0, 0.05) is 30.7 Å². The molecule has 0 aliphatic rings. The van der Waals surface area contributed by atoms with Gasteiger partial charge in [-0.1, -0.05) is 0 Å². The lowest BCUT2D eigenvalue weighted by Crippen LogP contribution is -2.35. The highest BCUT2D eigenvalue weighted by atomic mass is 32.2. The van der Waals surface area contributed by atoms with Gasteiger partial charge in [-0.3, -0.25) is 5.10 Å². The lowest BCUT2D eigenvalue weighted by atomic mass is 10.3. The molecule has 0 bridgehead atoms. The van der Waals surface area contributed by atoms with Gasteiger partial charge in [0.25, 0.3) is 0 Å². The molecule has 0 saturated carbocycles. The van der Waals surface area contributed by atoms with Crippen LogP contribution in [0.25, 0.3) is 10.6 Å². The van der Waals surface area contributed by atoms with Crippen LogP contribution >= 0.6 is 11.3 Å². The Kier molecular flexibility index (Phi) is 5.50. The Hall–Kier alpha value is -1.27. The van der Waals surface area contributed by atoms with Crippen LogP contribution in [-0.4, -0.2) is 57.7 Å². The fraction of sp³-hybridized carbons (Fsp3) is 0.462. The molecule has 0 atom stereocenters. The molecule has 0 spiro atoms. The molecule has 2 aromatic heterocycles. The molecule has 0 amide bonds. The predicted molar refractivity (Wildman–Crippen MR) is 94.0 cm³/mol. The highest BCUT2D eigenvalue weighted by Gasteiger charge is 2.21. The largest absolute Gasteiger partial charge is 0.282 e. The molecule has 0 aliphatic heterocycles. The SMILES string of the molecule is Cc1cc(-c2cc(S(=O)(=O)NCCN(C)S(C)(=O)=O)c(C)s2)n[nH]1. The number of nitrogens with zero attached hydrogens (tertiary/aromatic N) is 2. The quantitative estimate of drug-likeness (QED) is 0.728. The predicted octanol–water partition coefficient (Wildman–Crippen LogP) is 0.925. The second kappa shape index (κ2) is 6.92. The average molecular weight is 393 g/mol. The summed E-state index contributed by atoms with van der Waals surface area (Å²) >= 11 is 1.34. The minimum absolute atomic E-state index is 0.00195. The lowest BCUT2D eigenvalue weighted by molar-refractivity contribution is 0.474. The molecular weight excluding hydrogens is 372 g/mol. The molecule has 2 rings (SSSR count). The zero-order valence-electron chi connectivity index (χ0n) is 13.8. The van der Waals surface area contributed by atoms with Crippen molar-refractivity contribution in [3.63, 3.8) is 0 Å². The van der Waals surface area contributed by atoms with Crippen molar-refractivity contribution < 1.29 is 16.8 Å². The van der Waals surface area contributed by atoms with Crippen molar-refractivity contribution in [2.75, 3.05) is 26.4 Å². The molecule has 0 fully saturated rings. The minimum atomic E-state index is -3.71. The number of H-pyrrole nitrogens is 1. The summed E-state index contributed by atoms with van der Waals surface area (Å²) in [6.45, 7) is 3.66. The van der Waals surface area contributed by atoms with Crippen molar-refractivity contribution >= 4 is 31.4 Å². The number of thiophene rings is 1. The van der Waals surface area contributed by atoms with Gasteiger partial charge in [0.1, 0.15) is 5.69 Å². The third-order valence-corrected chi connectivity index (χ3v) is 7.51. The summed E-state index contributed by atoms with van der Waals surface area (Å²) in [4.78, 5) is 1.59. The summed E-state index contributed by atoms with van der Waals surface area (Å²) in [5.41, 5.74) is 1.58. The van der Waals surface area contributed by atoms with Crippen LogP contribution in [-0.2, 0) is 20.0 Å². The standard InChI is InChI=1S/C13H20N4O4S3/c1-9-7-11(16-15-9)12-8-13(10(2)22-12)24(20,21)14-5-6-17(3)23(4,18)19/h7-8,14H,5-6H2,1-4H3,(H,15,16). The van der Waals surface area contributed by atoms with Gasteiger partial charge in [-0.15, -0.1) is 11.3 Å². The molecule has 2 heterocycles. The van der Waals surface area contributed by atoms with Crippen molar-refractivity contribution in [2.24, 2.45) is 0 Å². The number of sulfonamides is 2. The molecule has 0 unspecified atom stereocenters. The molecule has 2 aromatic rings. The van der Waals surface area contributed by atoms with Crippen molar-refractivity contribution in [2.45, 2.75) is 18.7 Å². The summed E-state index contributed by atoms with van der Waals surface area (Å²) in [5.74, 6) is 0. The van der Waals surface area contributed by atoms with E-state index in [1.807, 2.05) is 13.0 Å². The fourth-order valence-corrected chi connectivity index (χ4v) is 4.98. The third-order valence-electron chi connectivity index (χ3n) is 3.41. The number of rotatable bonds is 7. The van der Waals surface area contributed by atoms with E-state index >= 15 is 0 Å².